The second-order valence-electron chi connectivity index (χ2n) is 5.96. The minimum atomic E-state index is -0.989. The van der Waals surface area contributed by atoms with E-state index in [1.165, 1.54) is 12.1 Å². The van der Waals surface area contributed by atoms with Gasteiger partial charge in [-0.25, -0.2) is 4.79 Å². The van der Waals surface area contributed by atoms with Crippen molar-refractivity contribution in [2.24, 2.45) is 0 Å². The Bertz CT molecular complexity index is 740. The van der Waals surface area contributed by atoms with Gasteiger partial charge in [0.25, 0.3) is 0 Å². The molecular weight excluding hydrogens is 334 g/mol. The van der Waals surface area contributed by atoms with Crippen molar-refractivity contribution in [3.63, 3.8) is 0 Å². The lowest BCUT2D eigenvalue weighted by Crippen LogP contribution is -2.38. The molecule has 1 amide bonds. The second-order valence-corrected chi connectivity index (χ2v) is 5.96. The summed E-state index contributed by atoms with van der Waals surface area (Å²) in [6.07, 6.45) is -0.122. The van der Waals surface area contributed by atoms with Crippen LogP contribution in [-0.2, 0) is 16.0 Å². The van der Waals surface area contributed by atoms with Crippen LogP contribution in [0.1, 0.15) is 34.5 Å². The summed E-state index contributed by atoms with van der Waals surface area (Å²) < 4.78 is 10.7. The first kappa shape index (κ1) is 19.5. The number of hydrogen-bond donors (Lipinski definition) is 2. The summed E-state index contributed by atoms with van der Waals surface area (Å²) in [5.74, 6) is -0.390. The van der Waals surface area contributed by atoms with E-state index in [4.69, 9.17) is 14.6 Å². The Morgan fingerprint density at radius 1 is 1.04 bits per heavy atom. The number of rotatable bonds is 8. The number of amides is 1. The molecule has 6 nitrogen and oxygen atoms in total. The molecule has 0 saturated heterocycles. The molecular formula is C20H23NO5. The molecule has 2 N–H and O–H groups in total. The van der Waals surface area contributed by atoms with Gasteiger partial charge in [-0.1, -0.05) is 24.3 Å². The Hall–Kier alpha value is -2.86. The minimum absolute atomic E-state index is 0.156. The first-order valence-corrected chi connectivity index (χ1v) is 8.23. The second kappa shape index (κ2) is 9.01. The van der Waals surface area contributed by atoms with Crippen LogP contribution < -0.4 is 10.1 Å². The Labute approximate surface area is 152 Å². The monoisotopic (exact) mass is 357 g/mol. The Kier molecular flexibility index (Phi) is 6.74. The lowest BCUT2D eigenvalue weighted by Gasteiger charge is -2.24. The maximum atomic E-state index is 12.3. The molecule has 0 spiro atoms. The van der Waals surface area contributed by atoms with E-state index in [2.05, 4.69) is 5.32 Å². The molecule has 26 heavy (non-hydrogen) atoms. The SMILES string of the molecule is COc1ccc(C(OC)C(C)NC(=O)Cc2ccc(C(=O)O)cc2)cc1. The summed E-state index contributed by atoms with van der Waals surface area (Å²) in [6, 6.07) is 13.5. The van der Waals surface area contributed by atoms with Crippen molar-refractivity contribution in [2.45, 2.75) is 25.5 Å². The number of carboxylic acid groups (broad SMARTS) is 1. The molecule has 2 aromatic rings. The number of benzene rings is 2. The average molecular weight is 357 g/mol. The highest BCUT2D eigenvalue weighted by Gasteiger charge is 2.21. The van der Waals surface area contributed by atoms with Crippen molar-refractivity contribution in [1.82, 2.24) is 5.32 Å². The predicted molar refractivity (Wildman–Crippen MR) is 97.5 cm³/mol. The summed E-state index contributed by atoms with van der Waals surface area (Å²) in [4.78, 5) is 23.2. The summed E-state index contributed by atoms with van der Waals surface area (Å²) >= 11 is 0. The standard InChI is InChI=1S/C20H23NO5/c1-13(19(26-3)15-8-10-17(25-2)11-9-15)21-18(22)12-14-4-6-16(7-5-14)20(23)24/h4-11,13,19H,12H2,1-3H3,(H,21,22)(H,23,24). The van der Waals surface area contributed by atoms with Crippen molar-refractivity contribution < 1.29 is 24.2 Å². The van der Waals surface area contributed by atoms with Gasteiger partial charge >= 0.3 is 5.97 Å². The Morgan fingerprint density at radius 2 is 1.65 bits per heavy atom. The first-order valence-electron chi connectivity index (χ1n) is 8.23. The van der Waals surface area contributed by atoms with E-state index in [0.717, 1.165) is 16.9 Å². The van der Waals surface area contributed by atoms with E-state index in [1.807, 2.05) is 31.2 Å². The highest BCUT2D eigenvalue weighted by atomic mass is 16.5. The zero-order valence-corrected chi connectivity index (χ0v) is 15.1. The van der Waals surface area contributed by atoms with Gasteiger partial charge in [-0.2, -0.15) is 0 Å². The molecule has 0 bridgehead atoms. The maximum Gasteiger partial charge on any atom is 0.335 e. The highest BCUT2D eigenvalue weighted by molar-refractivity contribution is 5.87. The van der Waals surface area contributed by atoms with Crippen LogP contribution in [0.25, 0.3) is 0 Å². The number of carbonyl (C=O) groups excluding carboxylic acids is 1. The predicted octanol–water partition coefficient (Wildman–Crippen LogP) is 2.83. The van der Waals surface area contributed by atoms with Gasteiger partial charge in [0.05, 0.1) is 25.1 Å². The van der Waals surface area contributed by atoms with Crippen LogP contribution >= 0.6 is 0 Å². The van der Waals surface area contributed by atoms with E-state index < -0.39 is 5.97 Å². The molecule has 2 atom stereocenters. The normalized spacial score (nSPS) is 12.9. The third kappa shape index (κ3) is 5.07. The average Bonchev–Trinajstić information content (AvgIpc) is 2.63. The Morgan fingerprint density at radius 3 is 2.15 bits per heavy atom. The molecule has 138 valence electrons. The van der Waals surface area contributed by atoms with E-state index in [9.17, 15) is 9.59 Å². The van der Waals surface area contributed by atoms with Gasteiger partial charge in [0, 0.05) is 7.11 Å². The quantitative estimate of drug-likeness (QED) is 0.759. The maximum absolute atomic E-state index is 12.3. The molecule has 2 unspecified atom stereocenters. The van der Waals surface area contributed by atoms with Crippen LogP contribution in [0.2, 0.25) is 0 Å². The van der Waals surface area contributed by atoms with Crippen molar-refractivity contribution in [2.75, 3.05) is 14.2 Å². The van der Waals surface area contributed by atoms with Gasteiger partial charge in [-0.15, -0.1) is 0 Å². The summed E-state index contributed by atoms with van der Waals surface area (Å²) in [7, 11) is 3.21. The lowest BCUT2D eigenvalue weighted by atomic mass is 10.0. The van der Waals surface area contributed by atoms with Crippen LogP contribution in [0.15, 0.2) is 48.5 Å². The van der Waals surface area contributed by atoms with Crippen molar-refractivity contribution in [3.8, 4) is 5.75 Å². The van der Waals surface area contributed by atoms with Crippen molar-refractivity contribution in [3.05, 3.63) is 65.2 Å². The molecule has 2 aromatic carbocycles. The number of aromatic carboxylic acids is 1. The fourth-order valence-corrected chi connectivity index (χ4v) is 2.75. The first-order chi connectivity index (χ1) is 12.4. The molecule has 0 radical (unpaired) electrons. The molecule has 0 aliphatic heterocycles. The molecule has 0 aliphatic rings. The van der Waals surface area contributed by atoms with Crippen LogP contribution in [0.3, 0.4) is 0 Å². The van der Waals surface area contributed by atoms with Crippen molar-refractivity contribution >= 4 is 11.9 Å². The van der Waals surface area contributed by atoms with Gasteiger partial charge in [0.1, 0.15) is 11.9 Å². The number of carboxylic acids is 1. The van der Waals surface area contributed by atoms with Crippen LogP contribution in [0, 0.1) is 0 Å². The van der Waals surface area contributed by atoms with Crippen LogP contribution in [-0.4, -0.2) is 37.2 Å². The molecule has 0 aliphatic carbocycles. The van der Waals surface area contributed by atoms with Gasteiger partial charge in [0.2, 0.25) is 5.91 Å². The third-order valence-electron chi connectivity index (χ3n) is 4.11. The summed E-state index contributed by atoms with van der Waals surface area (Å²) in [5.41, 5.74) is 1.88. The van der Waals surface area contributed by atoms with E-state index in [0.29, 0.717) is 0 Å². The molecule has 0 heterocycles. The van der Waals surface area contributed by atoms with E-state index >= 15 is 0 Å². The zero-order chi connectivity index (χ0) is 19.1. The molecule has 6 heteroatoms. The van der Waals surface area contributed by atoms with Crippen LogP contribution in [0.5, 0.6) is 5.75 Å². The zero-order valence-electron chi connectivity index (χ0n) is 15.1. The van der Waals surface area contributed by atoms with Gasteiger partial charge in [-0.05, 0) is 42.3 Å². The van der Waals surface area contributed by atoms with E-state index in [1.54, 1.807) is 26.4 Å². The van der Waals surface area contributed by atoms with E-state index in [-0.39, 0.29) is 30.0 Å². The minimum Gasteiger partial charge on any atom is -0.497 e. The number of ether oxygens (including phenoxy) is 2. The fourth-order valence-electron chi connectivity index (χ4n) is 2.75. The number of hydrogen-bond acceptors (Lipinski definition) is 4. The number of nitrogens with one attached hydrogen (secondary N) is 1. The summed E-state index contributed by atoms with van der Waals surface area (Å²) in [5, 5.41) is 11.8. The lowest BCUT2D eigenvalue weighted by molar-refractivity contribution is -0.122. The van der Waals surface area contributed by atoms with Gasteiger partial charge in [-0.3, -0.25) is 4.79 Å². The number of methoxy groups -OCH3 is 2. The van der Waals surface area contributed by atoms with Gasteiger partial charge < -0.3 is 19.9 Å². The van der Waals surface area contributed by atoms with Crippen molar-refractivity contribution in [1.29, 1.82) is 0 Å². The number of carbonyl (C=O) groups is 2. The molecule has 0 fully saturated rings. The molecule has 0 aromatic heterocycles. The fraction of sp³-hybridized carbons (Fsp3) is 0.300. The van der Waals surface area contributed by atoms with Crippen LogP contribution in [0.4, 0.5) is 0 Å². The smallest absolute Gasteiger partial charge is 0.335 e. The largest absolute Gasteiger partial charge is 0.497 e. The molecule has 0 saturated carbocycles. The Balaban J connectivity index is 1.98. The summed E-state index contributed by atoms with van der Waals surface area (Å²) in [6.45, 7) is 1.88. The molecule has 2 rings (SSSR count). The third-order valence-corrected chi connectivity index (χ3v) is 4.11. The topological polar surface area (TPSA) is 84.9 Å². The highest BCUT2D eigenvalue weighted by Crippen LogP contribution is 2.23. The van der Waals surface area contributed by atoms with Gasteiger partial charge in [0.15, 0.2) is 0 Å².